The van der Waals surface area contributed by atoms with E-state index in [4.69, 9.17) is 21.1 Å². The first-order valence-electron chi connectivity index (χ1n) is 6.89. The Kier molecular flexibility index (Phi) is 9.49. The number of aliphatic hydroxyl groups is 3. The predicted octanol–water partition coefficient (Wildman–Crippen LogP) is -5.15. The van der Waals surface area contributed by atoms with Gasteiger partial charge in [-0.05, 0) is 6.92 Å². The van der Waals surface area contributed by atoms with Gasteiger partial charge in [-0.15, -0.1) is 0 Å². The highest BCUT2D eigenvalue weighted by molar-refractivity contribution is 5.94. The molecule has 0 saturated carbocycles. The Balaban J connectivity index is 4.87. The van der Waals surface area contributed by atoms with Crippen molar-refractivity contribution in [2.45, 2.75) is 31.2 Å². The first-order chi connectivity index (χ1) is 11.1. The van der Waals surface area contributed by atoms with E-state index in [1.165, 1.54) is 6.92 Å². The van der Waals surface area contributed by atoms with Crippen LogP contribution in [-0.4, -0.2) is 88.1 Å². The molecule has 0 fully saturated rings. The zero-order chi connectivity index (χ0) is 18.9. The molecule has 4 atom stereocenters. The molecule has 0 aromatic rings. The smallest absolute Gasteiger partial charge is 0.322 e. The van der Waals surface area contributed by atoms with Gasteiger partial charge >= 0.3 is 5.97 Å². The minimum atomic E-state index is -1.50. The molecule has 138 valence electrons. The topological polar surface area (TPSA) is 211 Å². The van der Waals surface area contributed by atoms with Gasteiger partial charge in [0.2, 0.25) is 17.7 Å². The van der Waals surface area contributed by atoms with Crippen molar-refractivity contribution in [2.24, 2.45) is 5.73 Å². The van der Waals surface area contributed by atoms with Crippen molar-refractivity contribution >= 4 is 23.7 Å². The van der Waals surface area contributed by atoms with Gasteiger partial charge in [0.15, 0.2) is 0 Å². The zero-order valence-electron chi connectivity index (χ0n) is 12.9. The fraction of sp³-hybridized carbons (Fsp3) is 0.667. The molecule has 0 bridgehead atoms. The summed E-state index contributed by atoms with van der Waals surface area (Å²) in [6, 6.07) is -4.30. The van der Waals surface area contributed by atoms with Crippen LogP contribution in [0.1, 0.15) is 6.92 Å². The van der Waals surface area contributed by atoms with Crippen LogP contribution in [-0.2, 0) is 19.2 Å². The van der Waals surface area contributed by atoms with E-state index < -0.39 is 67.7 Å². The highest BCUT2D eigenvalue weighted by Crippen LogP contribution is 1.96. The summed E-state index contributed by atoms with van der Waals surface area (Å²) in [7, 11) is 0. The summed E-state index contributed by atoms with van der Waals surface area (Å²) in [5.41, 5.74) is 5.27. The van der Waals surface area contributed by atoms with Crippen molar-refractivity contribution in [1.82, 2.24) is 16.0 Å². The van der Waals surface area contributed by atoms with Crippen LogP contribution in [0, 0.1) is 0 Å². The van der Waals surface area contributed by atoms with E-state index >= 15 is 0 Å². The lowest BCUT2D eigenvalue weighted by molar-refractivity contribution is -0.139. The van der Waals surface area contributed by atoms with Crippen LogP contribution < -0.4 is 21.7 Å². The van der Waals surface area contributed by atoms with Crippen LogP contribution in [0.2, 0.25) is 0 Å². The Morgan fingerprint density at radius 1 is 1.00 bits per heavy atom. The number of nitrogens with one attached hydrogen (secondary N) is 3. The van der Waals surface area contributed by atoms with E-state index in [1.807, 2.05) is 5.32 Å². The molecule has 0 aliphatic heterocycles. The number of carbonyl (C=O) groups is 4. The lowest BCUT2D eigenvalue weighted by Crippen LogP contribution is -2.60. The number of rotatable bonds is 10. The van der Waals surface area contributed by atoms with Gasteiger partial charge in [-0.2, -0.15) is 0 Å². The molecule has 3 amide bonds. The van der Waals surface area contributed by atoms with Gasteiger partial charge in [0.1, 0.15) is 24.7 Å². The Labute approximate surface area is 137 Å². The van der Waals surface area contributed by atoms with E-state index in [-0.39, 0.29) is 0 Å². The lowest BCUT2D eigenvalue weighted by atomic mass is 10.1. The Bertz CT molecular complexity index is 470. The summed E-state index contributed by atoms with van der Waals surface area (Å²) in [6.45, 7) is -1.05. The fourth-order valence-corrected chi connectivity index (χ4v) is 1.49. The van der Waals surface area contributed by atoms with Crippen LogP contribution in [0.5, 0.6) is 0 Å². The highest BCUT2D eigenvalue weighted by atomic mass is 16.4. The van der Waals surface area contributed by atoms with Crippen LogP contribution >= 0.6 is 0 Å². The summed E-state index contributed by atoms with van der Waals surface area (Å²) in [4.78, 5) is 45.6. The third kappa shape index (κ3) is 7.32. The molecule has 0 aromatic heterocycles. The third-order valence-electron chi connectivity index (χ3n) is 2.83. The molecule has 0 spiro atoms. The van der Waals surface area contributed by atoms with Gasteiger partial charge in [0.05, 0.1) is 19.3 Å². The molecule has 0 rings (SSSR count). The molecule has 0 aromatic carbocycles. The summed E-state index contributed by atoms with van der Waals surface area (Å²) in [5.74, 6) is -4.20. The number of nitrogens with two attached hydrogens (primary N) is 1. The van der Waals surface area contributed by atoms with Crippen LogP contribution in [0.4, 0.5) is 0 Å². The van der Waals surface area contributed by atoms with Crippen molar-refractivity contribution in [3.8, 4) is 0 Å². The number of carboxylic acids is 1. The summed E-state index contributed by atoms with van der Waals surface area (Å²) < 4.78 is 0. The number of aliphatic carboxylic acids is 1. The highest BCUT2D eigenvalue weighted by Gasteiger charge is 2.30. The average Bonchev–Trinajstić information content (AvgIpc) is 2.53. The van der Waals surface area contributed by atoms with Crippen LogP contribution in [0.3, 0.4) is 0 Å². The Morgan fingerprint density at radius 2 is 1.58 bits per heavy atom. The maximum atomic E-state index is 12.0. The lowest BCUT2D eigenvalue weighted by Gasteiger charge is -2.24. The third-order valence-corrected chi connectivity index (χ3v) is 2.83. The molecular weight excluding hydrogens is 328 g/mol. The first kappa shape index (κ1) is 21.7. The maximum Gasteiger partial charge on any atom is 0.322 e. The number of carboxylic acid groups (broad SMARTS) is 1. The van der Waals surface area contributed by atoms with E-state index in [0.29, 0.717) is 0 Å². The second-order valence-electron chi connectivity index (χ2n) is 4.87. The standard InChI is InChI=1S/C12H22N4O8/c1-5(19)9(16-10(22)6(13)3-17)12(24)15-7(4-18)11(23)14-2-8(20)21/h5-7,9,17-19H,2-4,13H2,1H3,(H,14,23)(H,15,24)(H,16,22)(H,20,21). The number of aliphatic hydroxyl groups excluding tert-OH is 3. The minimum absolute atomic E-state index is 0.684. The van der Waals surface area contributed by atoms with E-state index in [0.717, 1.165) is 0 Å². The van der Waals surface area contributed by atoms with Crippen molar-refractivity contribution in [3.63, 3.8) is 0 Å². The largest absolute Gasteiger partial charge is 0.480 e. The number of hydrogen-bond acceptors (Lipinski definition) is 8. The first-order valence-corrected chi connectivity index (χ1v) is 6.89. The molecule has 0 aliphatic carbocycles. The van der Waals surface area contributed by atoms with Gasteiger partial charge < -0.3 is 42.1 Å². The SMILES string of the molecule is CC(O)C(NC(=O)C(N)CO)C(=O)NC(CO)C(=O)NCC(=O)O. The maximum absolute atomic E-state index is 12.0. The molecule has 4 unspecified atom stereocenters. The molecule has 0 saturated heterocycles. The molecular formula is C12H22N4O8. The van der Waals surface area contributed by atoms with Gasteiger partial charge in [-0.3, -0.25) is 19.2 Å². The molecule has 24 heavy (non-hydrogen) atoms. The fourth-order valence-electron chi connectivity index (χ4n) is 1.49. The molecule has 0 radical (unpaired) electrons. The second-order valence-corrected chi connectivity index (χ2v) is 4.87. The Morgan fingerprint density at radius 3 is 2.00 bits per heavy atom. The van der Waals surface area contributed by atoms with Gasteiger partial charge in [-0.25, -0.2) is 0 Å². The van der Waals surface area contributed by atoms with Crippen molar-refractivity contribution in [3.05, 3.63) is 0 Å². The van der Waals surface area contributed by atoms with Crippen LogP contribution in [0.25, 0.3) is 0 Å². The molecule has 0 heterocycles. The summed E-state index contributed by atoms with van der Waals surface area (Å²) in [6.07, 6.45) is -1.37. The number of amides is 3. The summed E-state index contributed by atoms with van der Waals surface area (Å²) in [5, 5.41) is 42.0. The van der Waals surface area contributed by atoms with Crippen LogP contribution in [0.15, 0.2) is 0 Å². The minimum Gasteiger partial charge on any atom is -0.480 e. The monoisotopic (exact) mass is 350 g/mol. The van der Waals surface area contributed by atoms with Gasteiger partial charge in [-0.1, -0.05) is 0 Å². The molecule has 12 heteroatoms. The Hall–Kier alpha value is -2.28. The normalized spacial score (nSPS) is 15.5. The van der Waals surface area contributed by atoms with Crippen molar-refractivity contribution < 1.29 is 39.6 Å². The molecule has 12 nitrogen and oxygen atoms in total. The van der Waals surface area contributed by atoms with E-state index in [9.17, 15) is 24.3 Å². The second kappa shape index (κ2) is 10.5. The molecule has 9 N–H and O–H groups in total. The number of carbonyl (C=O) groups excluding carboxylic acids is 3. The van der Waals surface area contributed by atoms with Gasteiger partial charge in [0, 0.05) is 0 Å². The van der Waals surface area contributed by atoms with E-state index in [2.05, 4.69) is 10.6 Å². The van der Waals surface area contributed by atoms with E-state index in [1.54, 1.807) is 0 Å². The zero-order valence-corrected chi connectivity index (χ0v) is 12.9. The van der Waals surface area contributed by atoms with Crippen molar-refractivity contribution in [1.29, 1.82) is 0 Å². The number of hydrogen-bond donors (Lipinski definition) is 8. The molecule has 0 aliphatic rings. The quantitative estimate of drug-likeness (QED) is 0.189. The van der Waals surface area contributed by atoms with Crippen molar-refractivity contribution in [2.75, 3.05) is 19.8 Å². The average molecular weight is 350 g/mol. The predicted molar refractivity (Wildman–Crippen MR) is 78.3 cm³/mol. The van der Waals surface area contributed by atoms with Gasteiger partial charge in [0.25, 0.3) is 0 Å². The summed E-state index contributed by atoms with van der Waals surface area (Å²) >= 11 is 0.